The smallest absolute Gasteiger partial charge is 0.105 e. The van der Waals surface area contributed by atoms with Crippen molar-refractivity contribution < 1.29 is 21.5 Å². The zero-order valence-electron chi connectivity index (χ0n) is 18.4. The average Bonchev–Trinajstić information content (AvgIpc) is 2.90. The summed E-state index contributed by atoms with van der Waals surface area (Å²) >= 11 is 0. The van der Waals surface area contributed by atoms with E-state index in [1.54, 1.807) is 11.1 Å². The summed E-state index contributed by atoms with van der Waals surface area (Å²) in [5.41, 5.74) is 8.92. The van der Waals surface area contributed by atoms with Crippen LogP contribution in [0.5, 0.6) is 0 Å². The molecule has 0 atom stereocenters. The van der Waals surface area contributed by atoms with Gasteiger partial charge >= 0.3 is 0 Å². The molecule has 0 spiro atoms. The van der Waals surface area contributed by atoms with Crippen LogP contribution >= 0.6 is 0 Å². The van der Waals surface area contributed by atoms with Crippen LogP contribution in [0.3, 0.4) is 0 Å². The van der Waals surface area contributed by atoms with Gasteiger partial charge in [0, 0.05) is 11.1 Å². The molecular formula is C28H30BrN. The Labute approximate surface area is 190 Å². The van der Waals surface area contributed by atoms with E-state index in [4.69, 9.17) is 0 Å². The van der Waals surface area contributed by atoms with Crippen LogP contribution in [-0.4, -0.2) is 17.6 Å². The van der Waals surface area contributed by atoms with Gasteiger partial charge in [-0.3, -0.25) is 0 Å². The van der Waals surface area contributed by atoms with Crippen LogP contribution in [-0.2, 0) is 13.1 Å². The number of halogens is 1. The number of hydrogen-bond donors (Lipinski definition) is 0. The van der Waals surface area contributed by atoms with Gasteiger partial charge in [0.1, 0.15) is 13.1 Å². The standard InChI is InChI=1S/C28H30N.BrH/c1-5-29(6-2)17-25-19(3)15-21-11-7-9-13-23(21)27(25)28-24-14-10-8-12-22(24)16-20(4)26(28)18-29;/h7-16H,5-6,17-18H2,1-4H3;1H/q+1;/p-1. The predicted octanol–water partition coefficient (Wildman–Crippen LogP) is 4.15. The quantitative estimate of drug-likeness (QED) is 0.395. The Bertz CT molecular complexity index is 1160. The van der Waals surface area contributed by atoms with Gasteiger partial charge in [-0.05, 0) is 71.5 Å². The van der Waals surface area contributed by atoms with Crippen molar-refractivity contribution >= 4 is 21.5 Å². The fourth-order valence-corrected chi connectivity index (χ4v) is 5.44. The van der Waals surface area contributed by atoms with Crippen molar-refractivity contribution in [2.75, 3.05) is 13.1 Å². The molecule has 30 heavy (non-hydrogen) atoms. The molecule has 0 aromatic heterocycles. The number of benzene rings is 4. The molecular weight excluding hydrogens is 430 g/mol. The molecule has 5 rings (SSSR count). The highest BCUT2D eigenvalue weighted by Gasteiger charge is 2.34. The number of rotatable bonds is 2. The van der Waals surface area contributed by atoms with E-state index >= 15 is 0 Å². The Morgan fingerprint density at radius 1 is 0.667 bits per heavy atom. The highest BCUT2D eigenvalue weighted by atomic mass is 79.9. The minimum Gasteiger partial charge on any atom is -1.00 e. The van der Waals surface area contributed by atoms with Gasteiger partial charge < -0.3 is 21.5 Å². The molecule has 2 heteroatoms. The number of aryl methyl sites for hydroxylation is 2. The number of quaternary nitrogens is 1. The van der Waals surface area contributed by atoms with Gasteiger partial charge in [-0.1, -0.05) is 60.7 Å². The number of fused-ring (bicyclic) bond motifs is 7. The van der Waals surface area contributed by atoms with Gasteiger partial charge in [-0.2, -0.15) is 0 Å². The monoisotopic (exact) mass is 459 g/mol. The molecule has 0 bridgehead atoms. The Balaban J connectivity index is 0.00000218. The maximum Gasteiger partial charge on any atom is 0.105 e. The summed E-state index contributed by atoms with van der Waals surface area (Å²) < 4.78 is 1.12. The van der Waals surface area contributed by atoms with Crippen LogP contribution in [0, 0.1) is 13.8 Å². The van der Waals surface area contributed by atoms with E-state index < -0.39 is 0 Å². The summed E-state index contributed by atoms with van der Waals surface area (Å²) in [7, 11) is 0. The molecule has 4 aromatic carbocycles. The molecule has 0 saturated heterocycles. The lowest BCUT2D eigenvalue weighted by Gasteiger charge is -2.37. The normalized spacial score (nSPS) is 14.7. The fourth-order valence-electron chi connectivity index (χ4n) is 5.44. The maximum absolute atomic E-state index is 2.40. The SMILES string of the molecule is CC[N+]1(CC)Cc2c(C)cc3ccccc3c2-c2c(c(C)cc3ccccc23)C1.[Br-]. The summed E-state index contributed by atoms with van der Waals surface area (Å²) in [5, 5.41) is 5.51. The van der Waals surface area contributed by atoms with Crippen LogP contribution < -0.4 is 17.0 Å². The van der Waals surface area contributed by atoms with Crippen molar-refractivity contribution in [2.45, 2.75) is 40.8 Å². The molecule has 0 fully saturated rings. The summed E-state index contributed by atoms with van der Waals surface area (Å²) in [6.45, 7) is 13.9. The lowest BCUT2D eigenvalue weighted by molar-refractivity contribution is -0.950. The Morgan fingerprint density at radius 3 is 1.47 bits per heavy atom. The van der Waals surface area contributed by atoms with E-state index in [9.17, 15) is 0 Å². The molecule has 0 saturated carbocycles. The van der Waals surface area contributed by atoms with Crippen molar-refractivity contribution in [3.05, 3.63) is 82.9 Å². The minimum atomic E-state index is 0. The van der Waals surface area contributed by atoms with Gasteiger partial charge in [0.15, 0.2) is 0 Å². The topological polar surface area (TPSA) is 0 Å². The second kappa shape index (κ2) is 7.83. The predicted molar refractivity (Wildman–Crippen MR) is 125 cm³/mol. The number of nitrogens with zero attached hydrogens (tertiary/aromatic N) is 1. The molecule has 1 nitrogen and oxygen atoms in total. The first-order valence-electron chi connectivity index (χ1n) is 10.9. The molecule has 0 aliphatic carbocycles. The molecule has 1 aliphatic heterocycles. The van der Waals surface area contributed by atoms with Gasteiger partial charge in [0.05, 0.1) is 13.1 Å². The van der Waals surface area contributed by atoms with Crippen LogP contribution in [0.25, 0.3) is 32.7 Å². The van der Waals surface area contributed by atoms with Crippen LogP contribution in [0.1, 0.15) is 36.1 Å². The fraction of sp³-hybridized carbons (Fsp3) is 0.286. The maximum atomic E-state index is 2.40. The summed E-state index contributed by atoms with van der Waals surface area (Å²) in [6.07, 6.45) is 0. The van der Waals surface area contributed by atoms with Crippen molar-refractivity contribution in [2.24, 2.45) is 0 Å². The largest absolute Gasteiger partial charge is 1.00 e. The summed E-state index contributed by atoms with van der Waals surface area (Å²) in [5.74, 6) is 0. The Kier molecular flexibility index (Phi) is 5.50. The van der Waals surface area contributed by atoms with Gasteiger partial charge in [0.25, 0.3) is 0 Å². The highest BCUT2D eigenvalue weighted by molar-refractivity contribution is 6.08. The van der Waals surface area contributed by atoms with Crippen LogP contribution in [0.4, 0.5) is 0 Å². The average molecular weight is 460 g/mol. The van der Waals surface area contributed by atoms with Crippen molar-refractivity contribution in [3.8, 4) is 11.1 Å². The zero-order chi connectivity index (χ0) is 20.2. The van der Waals surface area contributed by atoms with E-state index in [1.165, 1.54) is 43.8 Å². The first-order valence-corrected chi connectivity index (χ1v) is 10.9. The third-order valence-corrected chi connectivity index (χ3v) is 7.34. The second-order valence-corrected chi connectivity index (χ2v) is 8.83. The second-order valence-electron chi connectivity index (χ2n) is 8.83. The molecule has 1 aliphatic rings. The van der Waals surface area contributed by atoms with Crippen molar-refractivity contribution in [3.63, 3.8) is 0 Å². The van der Waals surface area contributed by atoms with E-state index in [1.807, 2.05) is 0 Å². The first-order chi connectivity index (χ1) is 14.1. The van der Waals surface area contributed by atoms with E-state index in [2.05, 4.69) is 88.4 Å². The minimum absolute atomic E-state index is 0. The molecule has 4 aromatic rings. The molecule has 0 N–H and O–H groups in total. The van der Waals surface area contributed by atoms with E-state index in [0.29, 0.717) is 0 Å². The van der Waals surface area contributed by atoms with Crippen molar-refractivity contribution in [1.29, 1.82) is 0 Å². The van der Waals surface area contributed by atoms with Crippen LogP contribution in [0.15, 0.2) is 60.7 Å². The zero-order valence-corrected chi connectivity index (χ0v) is 20.0. The molecule has 0 unspecified atom stereocenters. The molecule has 0 radical (unpaired) electrons. The van der Waals surface area contributed by atoms with Gasteiger partial charge in [-0.25, -0.2) is 0 Å². The third kappa shape index (κ3) is 3.09. The molecule has 1 heterocycles. The van der Waals surface area contributed by atoms with Crippen LogP contribution in [0.2, 0.25) is 0 Å². The molecule has 0 amide bonds. The van der Waals surface area contributed by atoms with E-state index in [-0.39, 0.29) is 17.0 Å². The highest BCUT2D eigenvalue weighted by Crippen LogP contribution is 2.45. The summed E-state index contributed by atoms with van der Waals surface area (Å²) in [4.78, 5) is 0. The summed E-state index contributed by atoms with van der Waals surface area (Å²) in [6, 6.07) is 22.7. The molecule has 154 valence electrons. The number of hydrogen-bond acceptors (Lipinski definition) is 0. The van der Waals surface area contributed by atoms with Gasteiger partial charge in [0.2, 0.25) is 0 Å². The van der Waals surface area contributed by atoms with E-state index in [0.717, 1.165) is 30.7 Å². The lowest BCUT2D eigenvalue weighted by Crippen LogP contribution is -3.00. The first kappa shape index (κ1) is 21.1. The van der Waals surface area contributed by atoms with Gasteiger partial charge in [-0.15, -0.1) is 0 Å². The Hall–Kier alpha value is -2.16. The lowest BCUT2D eigenvalue weighted by atomic mass is 9.85. The Morgan fingerprint density at radius 2 is 1.07 bits per heavy atom. The third-order valence-electron chi connectivity index (χ3n) is 7.34. The van der Waals surface area contributed by atoms with Crippen molar-refractivity contribution in [1.82, 2.24) is 0 Å².